The van der Waals surface area contributed by atoms with Crippen molar-refractivity contribution in [3.05, 3.63) is 0 Å². The highest BCUT2D eigenvalue weighted by molar-refractivity contribution is 6.21. The molecule has 0 aliphatic rings. The maximum atomic E-state index is 8.15. The molecule has 64 valence electrons. The van der Waals surface area contributed by atoms with Crippen molar-refractivity contribution in [1.82, 2.24) is 4.90 Å². The standard InChI is InChI=1S/C3H7ClO2.C3H9N/c1-2-3(4,5)6;1-4(2)3/h5-6H,2H2,1H3;1-3H3. The second-order valence-corrected chi connectivity index (χ2v) is 3.02. The van der Waals surface area contributed by atoms with Gasteiger partial charge in [0.25, 0.3) is 0 Å². The summed E-state index contributed by atoms with van der Waals surface area (Å²) in [6, 6.07) is 0. The van der Waals surface area contributed by atoms with E-state index in [4.69, 9.17) is 21.8 Å². The Labute approximate surface area is 67.2 Å². The van der Waals surface area contributed by atoms with Crippen LogP contribution in [0.5, 0.6) is 0 Å². The van der Waals surface area contributed by atoms with Crippen LogP contribution < -0.4 is 0 Å². The first-order chi connectivity index (χ1) is 4.29. The van der Waals surface area contributed by atoms with Crippen molar-refractivity contribution < 1.29 is 10.2 Å². The Bertz CT molecular complexity index is 67.9. The SMILES string of the molecule is CCC(O)(O)Cl.CN(C)C. The summed E-state index contributed by atoms with van der Waals surface area (Å²) >= 11 is 4.83. The minimum absolute atomic E-state index is 0.147. The van der Waals surface area contributed by atoms with Crippen molar-refractivity contribution in [1.29, 1.82) is 0 Å². The molecule has 0 spiro atoms. The lowest BCUT2D eigenvalue weighted by Gasteiger charge is -2.06. The molecule has 0 aromatic heterocycles. The summed E-state index contributed by atoms with van der Waals surface area (Å²) in [5.74, 6) is 0. The molecule has 0 radical (unpaired) electrons. The fourth-order valence-electron chi connectivity index (χ4n) is 0. The maximum absolute atomic E-state index is 8.15. The third kappa shape index (κ3) is 41.8. The molecule has 0 rings (SSSR count). The van der Waals surface area contributed by atoms with Gasteiger partial charge in [0.1, 0.15) is 0 Å². The quantitative estimate of drug-likeness (QED) is 0.443. The Kier molecular flexibility index (Phi) is 7.58. The van der Waals surface area contributed by atoms with Crippen LogP contribution >= 0.6 is 11.6 Å². The van der Waals surface area contributed by atoms with Gasteiger partial charge >= 0.3 is 0 Å². The zero-order valence-electron chi connectivity index (χ0n) is 6.93. The van der Waals surface area contributed by atoms with Gasteiger partial charge in [-0.25, -0.2) is 0 Å². The van der Waals surface area contributed by atoms with E-state index in [2.05, 4.69) is 0 Å². The van der Waals surface area contributed by atoms with Crippen LogP contribution in [0.1, 0.15) is 13.3 Å². The van der Waals surface area contributed by atoms with Crippen molar-refractivity contribution in [2.75, 3.05) is 21.1 Å². The van der Waals surface area contributed by atoms with E-state index >= 15 is 0 Å². The number of hydrogen-bond acceptors (Lipinski definition) is 3. The van der Waals surface area contributed by atoms with Crippen LogP contribution in [0.15, 0.2) is 0 Å². The van der Waals surface area contributed by atoms with Crippen molar-refractivity contribution in [3.8, 4) is 0 Å². The molecule has 0 amide bonds. The first kappa shape index (κ1) is 12.8. The lowest BCUT2D eigenvalue weighted by molar-refractivity contribution is -0.0857. The first-order valence-corrected chi connectivity index (χ1v) is 3.42. The zero-order valence-corrected chi connectivity index (χ0v) is 7.68. The van der Waals surface area contributed by atoms with Gasteiger partial charge in [0.05, 0.1) is 0 Å². The zero-order chi connectivity index (χ0) is 8.78. The van der Waals surface area contributed by atoms with E-state index in [1.54, 1.807) is 6.92 Å². The predicted molar refractivity (Wildman–Crippen MR) is 42.9 cm³/mol. The molecule has 0 aromatic carbocycles. The third-order valence-electron chi connectivity index (χ3n) is 0.450. The minimum Gasteiger partial charge on any atom is -0.353 e. The van der Waals surface area contributed by atoms with Crippen LogP contribution in [0.4, 0.5) is 0 Å². The average molecular weight is 170 g/mol. The molecule has 0 fully saturated rings. The Hall–Kier alpha value is 0.170. The molecule has 2 N–H and O–H groups in total. The summed E-state index contributed by atoms with van der Waals surface area (Å²) in [5.41, 5.74) is 0. The van der Waals surface area contributed by atoms with Gasteiger partial charge in [0, 0.05) is 6.42 Å². The highest BCUT2D eigenvalue weighted by Gasteiger charge is 2.12. The lowest BCUT2D eigenvalue weighted by Crippen LogP contribution is -2.16. The first-order valence-electron chi connectivity index (χ1n) is 3.04. The van der Waals surface area contributed by atoms with E-state index in [9.17, 15) is 0 Å². The summed E-state index contributed by atoms with van der Waals surface area (Å²) in [5, 5.41) is 14.3. The van der Waals surface area contributed by atoms with E-state index in [0.29, 0.717) is 0 Å². The molecule has 0 unspecified atom stereocenters. The molecule has 0 aliphatic carbocycles. The van der Waals surface area contributed by atoms with Gasteiger partial charge in [-0.05, 0) is 21.1 Å². The van der Waals surface area contributed by atoms with Gasteiger partial charge in [0.2, 0.25) is 5.25 Å². The molecular formula is C6H16ClNO2. The minimum atomic E-state index is -1.99. The van der Waals surface area contributed by atoms with Crippen LogP contribution in [0.3, 0.4) is 0 Å². The summed E-state index contributed by atoms with van der Waals surface area (Å²) < 4.78 is 0. The van der Waals surface area contributed by atoms with Crippen molar-refractivity contribution >= 4 is 11.6 Å². The van der Waals surface area contributed by atoms with Gasteiger partial charge < -0.3 is 15.1 Å². The highest BCUT2D eigenvalue weighted by atomic mass is 35.5. The topological polar surface area (TPSA) is 43.7 Å². The fourth-order valence-corrected chi connectivity index (χ4v) is 0. The van der Waals surface area contributed by atoms with Crippen LogP contribution in [0.25, 0.3) is 0 Å². The van der Waals surface area contributed by atoms with Gasteiger partial charge in [-0.15, -0.1) is 0 Å². The Balaban J connectivity index is 0. The monoisotopic (exact) mass is 169 g/mol. The van der Waals surface area contributed by atoms with Crippen molar-refractivity contribution in [2.24, 2.45) is 0 Å². The summed E-state index contributed by atoms with van der Waals surface area (Å²) in [4.78, 5) is 2.00. The molecule has 0 heterocycles. The Morgan fingerprint density at radius 1 is 1.30 bits per heavy atom. The molecule has 0 aliphatic heterocycles. The van der Waals surface area contributed by atoms with E-state index < -0.39 is 5.25 Å². The molecule has 0 atom stereocenters. The van der Waals surface area contributed by atoms with Crippen LogP contribution in [0.2, 0.25) is 0 Å². The van der Waals surface area contributed by atoms with E-state index in [1.807, 2.05) is 26.0 Å². The number of alkyl halides is 1. The molecule has 0 saturated carbocycles. The molecule has 0 bridgehead atoms. The third-order valence-corrected chi connectivity index (χ3v) is 0.717. The van der Waals surface area contributed by atoms with E-state index in [-0.39, 0.29) is 6.42 Å². The molecule has 10 heavy (non-hydrogen) atoms. The van der Waals surface area contributed by atoms with Crippen LogP contribution in [-0.2, 0) is 0 Å². The summed E-state index contributed by atoms with van der Waals surface area (Å²) in [6.07, 6.45) is 0.147. The van der Waals surface area contributed by atoms with Gasteiger partial charge in [0.15, 0.2) is 0 Å². The maximum Gasteiger partial charge on any atom is 0.243 e. The average Bonchev–Trinajstić information content (AvgIpc) is 1.63. The molecule has 3 nitrogen and oxygen atoms in total. The van der Waals surface area contributed by atoms with Gasteiger partial charge in [-0.2, -0.15) is 0 Å². The number of rotatable bonds is 1. The van der Waals surface area contributed by atoms with Gasteiger partial charge in [-0.3, -0.25) is 0 Å². The van der Waals surface area contributed by atoms with E-state index in [0.717, 1.165) is 0 Å². The van der Waals surface area contributed by atoms with Crippen LogP contribution in [0, 0.1) is 0 Å². The van der Waals surface area contributed by atoms with Crippen molar-refractivity contribution in [3.63, 3.8) is 0 Å². The largest absolute Gasteiger partial charge is 0.353 e. The van der Waals surface area contributed by atoms with E-state index in [1.165, 1.54) is 0 Å². The lowest BCUT2D eigenvalue weighted by atomic mass is 10.5. The summed E-state index contributed by atoms with van der Waals surface area (Å²) in [6.45, 7) is 1.58. The molecule has 4 heteroatoms. The number of aliphatic hydroxyl groups is 2. The van der Waals surface area contributed by atoms with Crippen LogP contribution in [-0.4, -0.2) is 41.5 Å². The number of halogens is 1. The molecule has 0 aromatic rings. The highest BCUT2D eigenvalue weighted by Crippen LogP contribution is 2.08. The van der Waals surface area contributed by atoms with Crippen molar-refractivity contribution in [2.45, 2.75) is 18.6 Å². The number of nitrogens with zero attached hydrogens (tertiary/aromatic N) is 1. The predicted octanol–water partition coefficient (Wildman–Crippen LogP) is 0.451. The van der Waals surface area contributed by atoms with Gasteiger partial charge in [-0.1, -0.05) is 18.5 Å². The Morgan fingerprint density at radius 3 is 1.40 bits per heavy atom. The second kappa shape index (κ2) is 5.92. The normalized spacial score (nSPS) is 10.8. The smallest absolute Gasteiger partial charge is 0.243 e. The second-order valence-electron chi connectivity index (χ2n) is 2.41. The fraction of sp³-hybridized carbons (Fsp3) is 1.00. The summed E-state index contributed by atoms with van der Waals surface area (Å²) in [7, 11) is 6.00. The number of hydrogen-bond donors (Lipinski definition) is 2. The molecular weight excluding hydrogens is 154 g/mol. The molecule has 0 saturated heterocycles. The Morgan fingerprint density at radius 2 is 1.40 bits per heavy atom.